The van der Waals surface area contributed by atoms with Gasteiger partial charge in [0.25, 0.3) is 0 Å². The minimum atomic E-state index is -0.717. The van der Waals surface area contributed by atoms with E-state index in [0.29, 0.717) is 11.0 Å². The molecule has 0 radical (unpaired) electrons. The van der Waals surface area contributed by atoms with Crippen LogP contribution < -0.4 is 5.32 Å². The predicted octanol–water partition coefficient (Wildman–Crippen LogP) is 2.69. The predicted molar refractivity (Wildman–Crippen MR) is 94.5 cm³/mol. The summed E-state index contributed by atoms with van der Waals surface area (Å²) in [7, 11) is 0. The highest BCUT2D eigenvalue weighted by Crippen LogP contribution is 2.29. The van der Waals surface area contributed by atoms with E-state index in [1.165, 1.54) is 11.8 Å². The molecule has 2 aromatic rings. The zero-order chi connectivity index (χ0) is 17.7. The Morgan fingerprint density at radius 3 is 2.76 bits per heavy atom. The van der Waals surface area contributed by atoms with E-state index in [1.54, 1.807) is 19.3 Å². The third-order valence-electron chi connectivity index (χ3n) is 4.35. The summed E-state index contributed by atoms with van der Waals surface area (Å²) in [4.78, 5) is 20.9. The molecule has 0 aromatic carbocycles. The average molecular weight is 356 g/mol. The lowest BCUT2D eigenvalue weighted by Crippen LogP contribution is -2.50. The number of nitriles is 1. The Balaban J connectivity index is 1.62. The molecule has 1 aliphatic rings. The number of aromatic nitrogens is 4. The Hall–Kier alpha value is -2.40. The van der Waals surface area contributed by atoms with Crippen LogP contribution in [0.5, 0.6) is 0 Å². The number of amides is 1. The molecule has 1 aliphatic carbocycles. The monoisotopic (exact) mass is 356 g/mol. The van der Waals surface area contributed by atoms with Gasteiger partial charge >= 0.3 is 0 Å². The van der Waals surface area contributed by atoms with Crippen LogP contribution in [0.25, 0.3) is 11.4 Å². The SMILES string of the molecule is C[C@@H](Sc1n[nH]c(-c2ccncc2)n1)C(=O)NC1(C#N)CCCCC1. The number of pyridine rings is 1. The van der Waals surface area contributed by atoms with Crippen molar-refractivity contribution in [2.24, 2.45) is 0 Å². The van der Waals surface area contributed by atoms with Crippen LogP contribution in [0, 0.1) is 11.3 Å². The summed E-state index contributed by atoms with van der Waals surface area (Å²) in [5.74, 6) is 0.488. The standard InChI is InChI=1S/C17H20N6OS/c1-12(15(24)21-17(11-18)7-3-2-4-8-17)25-16-20-14(22-23-16)13-5-9-19-10-6-13/h5-6,9-10,12H,2-4,7-8H2,1H3,(H,21,24)(H,20,22,23)/t12-/m1/s1. The highest BCUT2D eigenvalue weighted by molar-refractivity contribution is 8.00. The molecule has 3 rings (SSSR count). The summed E-state index contributed by atoms with van der Waals surface area (Å²) >= 11 is 1.27. The van der Waals surface area contributed by atoms with Crippen LogP contribution in [0.1, 0.15) is 39.0 Å². The summed E-state index contributed by atoms with van der Waals surface area (Å²) in [6, 6.07) is 5.98. The number of hydrogen-bond donors (Lipinski definition) is 2. The van der Waals surface area contributed by atoms with Crippen molar-refractivity contribution in [1.82, 2.24) is 25.5 Å². The highest BCUT2D eigenvalue weighted by atomic mass is 32.2. The number of nitrogens with one attached hydrogen (secondary N) is 2. The molecule has 1 amide bonds. The minimum Gasteiger partial charge on any atom is -0.337 e. The topological polar surface area (TPSA) is 107 Å². The smallest absolute Gasteiger partial charge is 0.234 e. The molecule has 0 saturated heterocycles. The van der Waals surface area contributed by atoms with Crippen molar-refractivity contribution < 1.29 is 4.79 Å². The fourth-order valence-corrected chi connectivity index (χ4v) is 3.63. The molecule has 1 atom stereocenters. The van der Waals surface area contributed by atoms with Crippen LogP contribution in [0.2, 0.25) is 0 Å². The van der Waals surface area contributed by atoms with Gasteiger partial charge in [0.1, 0.15) is 5.54 Å². The van der Waals surface area contributed by atoms with Crippen molar-refractivity contribution in [3.63, 3.8) is 0 Å². The molecule has 25 heavy (non-hydrogen) atoms. The molecule has 0 unspecified atom stereocenters. The number of nitrogens with zero attached hydrogens (tertiary/aromatic N) is 4. The van der Waals surface area contributed by atoms with E-state index in [0.717, 1.165) is 37.7 Å². The van der Waals surface area contributed by atoms with Gasteiger partial charge in [0, 0.05) is 18.0 Å². The quantitative estimate of drug-likeness (QED) is 0.798. The van der Waals surface area contributed by atoms with Gasteiger partial charge in [-0.15, -0.1) is 5.10 Å². The number of H-pyrrole nitrogens is 1. The lowest BCUT2D eigenvalue weighted by molar-refractivity contribution is -0.121. The van der Waals surface area contributed by atoms with Crippen molar-refractivity contribution in [3.05, 3.63) is 24.5 Å². The van der Waals surface area contributed by atoms with E-state index in [9.17, 15) is 10.1 Å². The molecule has 8 heteroatoms. The average Bonchev–Trinajstić information content (AvgIpc) is 3.11. The summed E-state index contributed by atoms with van der Waals surface area (Å²) in [6.07, 6.45) is 7.90. The van der Waals surface area contributed by atoms with Gasteiger partial charge in [0.2, 0.25) is 11.1 Å². The van der Waals surface area contributed by atoms with E-state index in [-0.39, 0.29) is 11.2 Å². The van der Waals surface area contributed by atoms with Gasteiger partial charge in [-0.25, -0.2) is 4.98 Å². The molecule has 0 aliphatic heterocycles. The summed E-state index contributed by atoms with van der Waals surface area (Å²) in [6.45, 7) is 1.80. The number of thioether (sulfide) groups is 1. The van der Waals surface area contributed by atoms with Gasteiger partial charge in [0.05, 0.1) is 11.3 Å². The molecule has 1 saturated carbocycles. The normalized spacial score (nSPS) is 17.4. The lowest BCUT2D eigenvalue weighted by Gasteiger charge is -2.32. The summed E-state index contributed by atoms with van der Waals surface area (Å²) < 4.78 is 0. The van der Waals surface area contributed by atoms with Crippen LogP contribution in [-0.2, 0) is 4.79 Å². The maximum Gasteiger partial charge on any atom is 0.234 e. The van der Waals surface area contributed by atoms with Gasteiger partial charge < -0.3 is 5.32 Å². The van der Waals surface area contributed by atoms with Gasteiger partial charge in [-0.2, -0.15) is 5.26 Å². The first-order chi connectivity index (χ1) is 12.1. The van der Waals surface area contributed by atoms with Gasteiger partial charge in [-0.05, 0) is 31.9 Å². The van der Waals surface area contributed by atoms with Crippen molar-refractivity contribution >= 4 is 17.7 Å². The Bertz CT molecular complexity index is 763. The van der Waals surface area contributed by atoms with Gasteiger partial charge in [-0.3, -0.25) is 14.9 Å². The van der Waals surface area contributed by atoms with Crippen LogP contribution >= 0.6 is 11.8 Å². The second-order valence-corrected chi connectivity index (χ2v) is 7.51. The zero-order valence-corrected chi connectivity index (χ0v) is 14.8. The van der Waals surface area contributed by atoms with Crippen LogP contribution in [0.4, 0.5) is 0 Å². The molecular weight excluding hydrogens is 336 g/mol. The van der Waals surface area contributed by atoms with E-state index in [1.807, 2.05) is 12.1 Å². The number of rotatable bonds is 5. The Morgan fingerprint density at radius 1 is 1.36 bits per heavy atom. The van der Waals surface area contributed by atoms with E-state index in [4.69, 9.17) is 0 Å². The van der Waals surface area contributed by atoms with Crippen LogP contribution in [-0.4, -0.2) is 36.9 Å². The molecule has 7 nitrogen and oxygen atoms in total. The van der Waals surface area contributed by atoms with E-state index < -0.39 is 5.54 Å². The highest BCUT2D eigenvalue weighted by Gasteiger charge is 2.35. The molecule has 1 fully saturated rings. The molecule has 2 N–H and O–H groups in total. The minimum absolute atomic E-state index is 0.149. The Morgan fingerprint density at radius 2 is 2.08 bits per heavy atom. The molecule has 130 valence electrons. The van der Waals surface area contributed by atoms with Crippen LogP contribution in [0.3, 0.4) is 0 Å². The van der Waals surface area contributed by atoms with Crippen molar-refractivity contribution in [2.75, 3.05) is 0 Å². The Kier molecular flexibility index (Phi) is 5.34. The zero-order valence-electron chi connectivity index (χ0n) is 14.0. The molecule has 0 spiro atoms. The first kappa shape index (κ1) is 17.4. The van der Waals surface area contributed by atoms with Gasteiger partial charge in [-0.1, -0.05) is 31.0 Å². The number of carbonyl (C=O) groups is 1. The second-order valence-electron chi connectivity index (χ2n) is 6.21. The first-order valence-electron chi connectivity index (χ1n) is 8.35. The fourth-order valence-electron chi connectivity index (χ4n) is 2.91. The number of carbonyl (C=O) groups excluding carboxylic acids is 1. The second kappa shape index (κ2) is 7.66. The Labute approximate surface area is 150 Å². The molecule has 0 bridgehead atoms. The summed E-state index contributed by atoms with van der Waals surface area (Å²) in [5, 5.41) is 19.6. The molecular formula is C17H20N6OS. The van der Waals surface area contributed by atoms with Crippen molar-refractivity contribution in [3.8, 4) is 17.5 Å². The summed E-state index contributed by atoms with van der Waals surface area (Å²) in [5.41, 5.74) is 0.169. The van der Waals surface area contributed by atoms with Crippen LogP contribution in [0.15, 0.2) is 29.7 Å². The van der Waals surface area contributed by atoms with Crippen molar-refractivity contribution in [1.29, 1.82) is 5.26 Å². The number of aromatic amines is 1. The van der Waals surface area contributed by atoms with Gasteiger partial charge in [0.15, 0.2) is 5.82 Å². The molecule has 2 heterocycles. The number of hydrogen-bond acceptors (Lipinski definition) is 6. The fraction of sp³-hybridized carbons (Fsp3) is 0.471. The first-order valence-corrected chi connectivity index (χ1v) is 9.23. The largest absolute Gasteiger partial charge is 0.337 e. The maximum absolute atomic E-state index is 12.5. The maximum atomic E-state index is 12.5. The third-order valence-corrected chi connectivity index (χ3v) is 5.31. The van der Waals surface area contributed by atoms with E-state index in [2.05, 4.69) is 31.6 Å². The molecule has 2 aromatic heterocycles. The van der Waals surface area contributed by atoms with Crippen molar-refractivity contribution in [2.45, 2.75) is 55.0 Å². The third kappa shape index (κ3) is 4.17. The van der Waals surface area contributed by atoms with E-state index >= 15 is 0 Å². The lowest BCUT2D eigenvalue weighted by atomic mass is 9.83.